The van der Waals surface area contributed by atoms with E-state index in [-0.39, 0.29) is 0 Å². The molecule has 0 unspecified atom stereocenters. The van der Waals surface area contributed by atoms with Gasteiger partial charge in [-0.15, -0.1) is 0 Å². The van der Waals surface area contributed by atoms with E-state index in [9.17, 15) is 0 Å². The van der Waals surface area contributed by atoms with Crippen LogP contribution in [0.15, 0.2) is 0 Å². The lowest BCUT2D eigenvalue weighted by Gasteiger charge is -2.22. The van der Waals surface area contributed by atoms with Gasteiger partial charge < -0.3 is 15.5 Å². The van der Waals surface area contributed by atoms with Crippen molar-refractivity contribution in [2.45, 2.75) is 13.3 Å². The van der Waals surface area contributed by atoms with Gasteiger partial charge in [-0.1, -0.05) is 6.92 Å². The van der Waals surface area contributed by atoms with Crippen molar-refractivity contribution < 1.29 is 0 Å². The fourth-order valence-corrected chi connectivity index (χ4v) is 1.18. The van der Waals surface area contributed by atoms with Crippen molar-refractivity contribution in [2.24, 2.45) is 5.73 Å². The molecule has 0 aromatic carbocycles. The van der Waals surface area contributed by atoms with Crippen LogP contribution >= 0.6 is 0 Å². The molecule has 0 atom stereocenters. The monoisotopic (exact) mass is 173 g/mol. The van der Waals surface area contributed by atoms with Gasteiger partial charge in [0, 0.05) is 26.2 Å². The second kappa shape index (κ2) is 7.53. The molecule has 3 nitrogen and oxygen atoms in total. The number of hydrogen-bond acceptors (Lipinski definition) is 3. The molecule has 74 valence electrons. The van der Waals surface area contributed by atoms with Crippen LogP contribution in [0.1, 0.15) is 13.3 Å². The van der Waals surface area contributed by atoms with Crippen LogP contribution in [0.25, 0.3) is 0 Å². The van der Waals surface area contributed by atoms with E-state index in [1.165, 1.54) is 13.0 Å². The quantitative estimate of drug-likeness (QED) is 0.598. The molecule has 0 heterocycles. The fraction of sp³-hybridized carbons (Fsp3) is 1.00. The predicted octanol–water partition coefficient (Wildman–Crippen LogP) is 0.219. The number of nitrogens with zero attached hydrogens (tertiary/aromatic N) is 2. The summed E-state index contributed by atoms with van der Waals surface area (Å²) in [6, 6.07) is 0. The van der Waals surface area contributed by atoms with Gasteiger partial charge in [0.25, 0.3) is 0 Å². The van der Waals surface area contributed by atoms with Gasteiger partial charge in [-0.3, -0.25) is 0 Å². The molecule has 0 saturated carbocycles. The number of hydrogen-bond donors (Lipinski definition) is 1. The Balaban J connectivity index is 3.48. The van der Waals surface area contributed by atoms with E-state index < -0.39 is 0 Å². The molecule has 0 bridgehead atoms. The van der Waals surface area contributed by atoms with E-state index in [0.29, 0.717) is 0 Å². The molecule has 0 spiro atoms. The lowest BCUT2D eigenvalue weighted by atomic mass is 10.4. The molecule has 0 aliphatic rings. The Morgan fingerprint density at radius 3 is 2.08 bits per heavy atom. The topological polar surface area (TPSA) is 32.5 Å². The summed E-state index contributed by atoms with van der Waals surface area (Å²) in [6.07, 6.45) is 1.22. The van der Waals surface area contributed by atoms with Crippen LogP contribution < -0.4 is 5.73 Å². The summed E-state index contributed by atoms with van der Waals surface area (Å²) in [6.45, 7) is 7.44. The van der Waals surface area contributed by atoms with E-state index in [4.69, 9.17) is 5.73 Å². The second-order valence-electron chi connectivity index (χ2n) is 3.43. The van der Waals surface area contributed by atoms with Crippen molar-refractivity contribution in [3.05, 3.63) is 0 Å². The zero-order valence-electron chi connectivity index (χ0n) is 8.71. The van der Waals surface area contributed by atoms with Gasteiger partial charge in [0.15, 0.2) is 0 Å². The van der Waals surface area contributed by atoms with E-state index >= 15 is 0 Å². The molecule has 0 aliphatic heterocycles. The molecular weight excluding hydrogens is 150 g/mol. The van der Waals surface area contributed by atoms with Gasteiger partial charge in [0.1, 0.15) is 0 Å². The van der Waals surface area contributed by atoms with Gasteiger partial charge in [0.05, 0.1) is 0 Å². The van der Waals surface area contributed by atoms with E-state index in [1.807, 2.05) is 0 Å². The van der Waals surface area contributed by atoms with Crippen molar-refractivity contribution in [3.63, 3.8) is 0 Å². The molecule has 0 aromatic heterocycles. The van der Waals surface area contributed by atoms with Gasteiger partial charge in [-0.25, -0.2) is 0 Å². The number of nitrogens with two attached hydrogens (primary N) is 1. The largest absolute Gasteiger partial charge is 0.329 e. The Morgan fingerprint density at radius 2 is 1.67 bits per heavy atom. The van der Waals surface area contributed by atoms with Crippen molar-refractivity contribution >= 4 is 0 Å². The Hall–Kier alpha value is -0.120. The van der Waals surface area contributed by atoms with Gasteiger partial charge >= 0.3 is 0 Å². The van der Waals surface area contributed by atoms with Crippen molar-refractivity contribution in [2.75, 3.05) is 46.8 Å². The van der Waals surface area contributed by atoms with E-state index in [2.05, 4.69) is 30.8 Å². The highest BCUT2D eigenvalue weighted by atomic mass is 15.2. The highest BCUT2D eigenvalue weighted by Crippen LogP contribution is 1.90. The van der Waals surface area contributed by atoms with E-state index in [1.54, 1.807) is 0 Å². The SMILES string of the molecule is CCCN(CCN)CCN(C)C. The molecule has 2 N–H and O–H groups in total. The molecule has 0 fully saturated rings. The molecule has 3 heteroatoms. The summed E-state index contributed by atoms with van der Waals surface area (Å²) in [7, 11) is 4.21. The summed E-state index contributed by atoms with van der Waals surface area (Å²) in [5.74, 6) is 0. The molecule has 0 saturated heterocycles. The third-order valence-electron chi connectivity index (χ3n) is 1.85. The second-order valence-corrected chi connectivity index (χ2v) is 3.43. The Kier molecular flexibility index (Phi) is 7.45. The predicted molar refractivity (Wildman–Crippen MR) is 54.3 cm³/mol. The summed E-state index contributed by atoms with van der Waals surface area (Å²) in [4.78, 5) is 4.62. The van der Waals surface area contributed by atoms with Crippen molar-refractivity contribution in [1.29, 1.82) is 0 Å². The van der Waals surface area contributed by atoms with Crippen LogP contribution in [0.4, 0.5) is 0 Å². The Labute approximate surface area is 76.5 Å². The molecular formula is C9H23N3. The highest BCUT2D eigenvalue weighted by Gasteiger charge is 2.01. The van der Waals surface area contributed by atoms with Crippen molar-refractivity contribution in [1.82, 2.24) is 9.80 Å². The zero-order valence-corrected chi connectivity index (χ0v) is 8.71. The average Bonchev–Trinajstić information content (AvgIpc) is 2.01. The molecule has 0 aliphatic carbocycles. The smallest absolute Gasteiger partial charge is 0.0110 e. The van der Waals surface area contributed by atoms with Crippen LogP contribution in [0, 0.1) is 0 Å². The molecule has 0 aromatic rings. The zero-order chi connectivity index (χ0) is 9.40. The highest BCUT2D eigenvalue weighted by molar-refractivity contribution is 4.58. The third kappa shape index (κ3) is 6.58. The fourth-order valence-electron chi connectivity index (χ4n) is 1.18. The lowest BCUT2D eigenvalue weighted by molar-refractivity contribution is 0.246. The first kappa shape index (κ1) is 11.9. The molecule has 12 heavy (non-hydrogen) atoms. The first-order chi connectivity index (χ1) is 5.70. The van der Waals surface area contributed by atoms with E-state index in [0.717, 1.165) is 26.2 Å². The van der Waals surface area contributed by atoms with Crippen LogP contribution in [0.2, 0.25) is 0 Å². The number of likely N-dealkylation sites (N-methyl/N-ethyl adjacent to an activating group) is 1. The minimum atomic E-state index is 0.771. The lowest BCUT2D eigenvalue weighted by Crippen LogP contribution is -2.35. The average molecular weight is 173 g/mol. The van der Waals surface area contributed by atoms with Crippen LogP contribution in [-0.2, 0) is 0 Å². The molecule has 0 rings (SSSR count). The van der Waals surface area contributed by atoms with Crippen LogP contribution in [0.3, 0.4) is 0 Å². The third-order valence-corrected chi connectivity index (χ3v) is 1.85. The maximum Gasteiger partial charge on any atom is 0.0110 e. The Bertz CT molecular complexity index is 87.8. The van der Waals surface area contributed by atoms with Gasteiger partial charge in [-0.2, -0.15) is 0 Å². The molecule has 0 amide bonds. The van der Waals surface area contributed by atoms with Crippen molar-refractivity contribution in [3.8, 4) is 0 Å². The molecule has 0 radical (unpaired) electrons. The first-order valence-electron chi connectivity index (χ1n) is 4.77. The minimum Gasteiger partial charge on any atom is -0.329 e. The summed E-state index contributed by atoms with van der Waals surface area (Å²) in [5.41, 5.74) is 5.51. The first-order valence-corrected chi connectivity index (χ1v) is 4.77. The van der Waals surface area contributed by atoms with Gasteiger partial charge in [0.2, 0.25) is 0 Å². The summed E-state index contributed by atoms with van der Waals surface area (Å²) < 4.78 is 0. The van der Waals surface area contributed by atoms with Crippen LogP contribution in [-0.4, -0.2) is 56.6 Å². The number of rotatable bonds is 7. The van der Waals surface area contributed by atoms with Crippen LogP contribution in [0.5, 0.6) is 0 Å². The normalized spacial score (nSPS) is 11.5. The summed E-state index contributed by atoms with van der Waals surface area (Å²) in [5, 5.41) is 0. The maximum absolute atomic E-state index is 5.51. The Morgan fingerprint density at radius 1 is 1.00 bits per heavy atom. The maximum atomic E-state index is 5.51. The standard InChI is InChI=1S/C9H23N3/c1-4-6-12(7-5-10)9-8-11(2)3/h4-10H2,1-3H3. The summed E-state index contributed by atoms with van der Waals surface area (Å²) >= 11 is 0. The van der Waals surface area contributed by atoms with Gasteiger partial charge in [-0.05, 0) is 27.1 Å². The minimum absolute atomic E-state index is 0.771.